The van der Waals surface area contributed by atoms with E-state index in [2.05, 4.69) is 5.32 Å². The summed E-state index contributed by atoms with van der Waals surface area (Å²) in [4.78, 5) is 12.1. The highest BCUT2D eigenvalue weighted by Gasteiger charge is 2.10. The Morgan fingerprint density at radius 3 is 2.52 bits per heavy atom. The van der Waals surface area contributed by atoms with Gasteiger partial charge >= 0.3 is 0 Å². The summed E-state index contributed by atoms with van der Waals surface area (Å²) in [7, 11) is 1.64. The molecular weight excluding hydrogens is 262 g/mol. The first-order valence-corrected chi connectivity index (χ1v) is 7.07. The first-order valence-electron chi connectivity index (χ1n) is 7.07. The lowest BCUT2D eigenvalue weighted by Crippen LogP contribution is -2.28. The Morgan fingerprint density at radius 1 is 1.19 bits per heavy atom. The first kappa shape index (κ1) is 15.1. The quantitative estimate of drug-likeness (QED) is 0.913. The molecule has 0 aliphatic carbocycles. The Labute approximate surface area is 126 Å². The molecule has 0 bridgehead atoms. The Bertz CT molecular complexity index is 605. The van der Waals surface area contributed by atoms with E-state index in [1.165, 1.54) is 5.56 Å². The average Bonchev–Trinajstić information content (AvgIpc) is 2.47. The molecule has 0 saturated carbocycles. The maximum absolute atomic E-state index is 12.1. The monoisotopic (exact) mass is 283 g/mol. The van der Waals surface area contributed by atoms with E-state index >= 15 is 0 Å². The molecule has 2 aromatic rings. The van der Waals surface area contributed by atoms with Crippen molar-refractivity contribution in [2.24, 2.45) is 0 Å². The summed E-state index contributed by atoms with van der Waals surface area (Å²) in [5.41, 5.74) is 3.27. The zero-order valence-electron chi connectivity index (χ0n) is 12.7. The van der Waals surface area contributed by atoms with Gasteiger partial charge in [0, 0.05) is 0 Å². The van der Waals surface area contributed by atoms with Crippen LogP contribution in [0.1, 0.15) is 29.7 Å². The normalized spacial score (nSPS) is 11.8. The van der Waals surface area contributed by atoms with Crippen LogP contribution in [0, 0.1) is 6.92 Å². The smallest absolute Gasteiger partial charge is 0.224 e. The standard InChI is InChI=1S/C18H21NO2/c1-13-5-4-6-15(11-13)12-18(20)19-14(2)16-7-9-17(21-3)10-8-16/h4-11,14H,12H2,1-3H3,(H,19,20)/t14-/m1/s1. The number of aryl methyl sites for hydroxylation is 1. The fourth-order valence-corrected chi connectivity index (χ4v) is 2.28. The third kappa shape index (κ3) is 4.35. The molecule has 3 nitrogen and oxygen atoms in total. The van der Waals surface area contributed by atoms with Crippen LogP contribution < -0.4 is 10.1 Å². The number of hydrogen-bond acceptors (Lipinski definition) is 2. The Morgan fingerprint density at radius 2 is 1.90 bits per heavy atom. The number of carbonyl (C=O) groups excluding carboxylic acids is 1. The fourth-order valence-electron chi connectivity index (χ4n) is 2.28. The summed E-state index contributed by atoms with van der Waals surface area (Å²) < 4.78 is 5.13. The SMILES string of the molecule is COc1ccc([C@@H](C)NC(=O)Cc2cccc(C)c2)cc1. The summed E-state index contributed by atoms with van der Waals surface area (Å²) in [5.74, 6) is 0.848. The second kappa shape index (κ2) is 6.93. The molecule has 21 heavy (non-hydrogen) atoms. The number of methoxy groups -OCH3 is 1. The van der Waals surface area contributed by atoms with Gasteiger partial charge in [0.25, 0.3) is 0 Å². The second-order valence-electron chi connectivity index (χ2n) is 5.23. The minimum atomic E-state index is -0.0202. The Kier molecular flexibility index (Phi) is 4.99. The van der Waals surface area contributed by atoms with Crippen molar-refractivity contribution in [1.82, 2.24) is 5.32 Å². The van der Waals surface area contributed by atoms with Gasteiger partial charge in [0.2, 0.25) is 5.91 Å². The lowest BCUT2D eigenvalue weighted by Gasteiger charge is -2.15. The largest absolute Gasteiger partial charge is 0.497 e. The number of carbonyl (C=O) groups is 1. The summed E-state index contributed by atoms with van der Waals surface area (Å²) in [6, 6.07) is 15.7. The highest BCUT2D eigenvalue weighted by atomic mass is 16.5. The summed E-state index contributed by atoms with van der Waals surface area (Å²) in [6.07, 6.45) is 0.405. The van der Waals surface area contributed by atoms with Gasteiger partial charge in [0.1, 0.15) is 5.75 Å². The van der Waals surface area contributed by atoms with Crippen LogP contribution in [0.15, 0.2) is 48.5 Å². The van der Waals surface area contributed by atoms with Gasteiger partial charge in [-0.1, -0.05) is 42.0 Å². The zero-order valence-corrected chi connectivity index (χ0v) is 12.7. The molecule has 110 valence electrons. The third-order valence-corrected chi connectivity index (χ3v) is 3.44. The van der Waals surface area contributed by atoms with Crippen LogP contribution in [-0.4, -0.2) is 13.0 Å². The molecule has 0 saturated heterocycles. The number of benzene rings is 2. The maximum atomic E-state index is 12.1. The Hall–Kier alpha value is -2.29. The van der Waals surface area contributed by atoms with Crippen molar-refractivity contribution < 1.29 is 9.53 Å². The molecule has 0 heterocycles. The summed E-state index contributed by atoms with van der Waals surface area (Å²) in [6.45, 7) is 4.01. The van der Waals surface area contributed by atoms with Crippen molar-refractivity contribution in [1.29, 1.82) is 0 Å². The lowest BCUT2D eigenvalue weighted by molar-refractivity contribution is -0.121. The molecule has 2 aromatic carbocycles. The highest BCUT2D eigenvalue weighted by Crippen LogP contribution is 2.17. The van der Waals surface area contributed by atoms with E-state index in [9.17, 15) is 4.79 Å². The van der Waals surface area contributed by atoms with Crippen LogP contribution in [0.5, 0.6) is 5.75 Å². The van der Waals surface area contributed by atoms with E-state index < -0.39 is 0 Å². The van der Waals surface area contributed by atoms with Crippen molar-refractivity contribution in [2.45, 2.75) is 26.3 Å². The van der Waals surface area contributed by atoms with E-state index in [1.54, 1.807) is 7.11 Å². The average molecular weight is 283 g/mol. The van der Waals surface area contributed by atoms with E-state index in [0.29, 0.717) is 6.42 Å². The van der Waals surface area contributed by atoms with Crippen LogP contribution >= 0.6 is 0 Å². The molecule has 0 aliphatic heterocycles. The van der Waals surface area contributed by atoms with Gasteiger partial charge in [-0.3, -0.25) is 4.79 Å². The van der Waals surface area contributed by atoms with Gasteiger partial charge in [-0.25, -0.2) is 0 Å². The predicted octanol–water partition coefficient (Wildman–Crippen LogP) is 3.42. The molecule has 1 atom stereocenters. The van der Waals surface area contributed by atoms with Crippen molar-refractivity contribution in [2.75, 3.05) is 7.11 Å². The molecule has 1 amide bonds. The van der Waals surface area contributed by atoms with E-state index in [1.807, 2.05) is 62.4 Å². The van der Waals surface area contributed by atoms with Gasteiger partial charge in [0.15, 0.2) is 0 Å². The first-order chi connectivity index (χ1) is 10.1. The van der Waals surface area contributed by atoms with Crippen LogP contribution in [0.4, 0.5) is 0 Å². The van der Waals surface area contributed by atoms with Crippen LogP contribution in [0.25, 0.3) is 0 Å². The Balaban J connectivity index is 1.95. The predicted molar refractivity (Wildman–Crippen MR) is 84.4 cm³/mol. The molecule has 3 heteroatoms. The molecule has 1 N–H and O–H groups in total. The molecule has 2 rings (SSSR count). The lowest BCUT2D eigenvalue weighted by atomic mass is 10.1. The number of amides is 1. The maximum Gasteiger partial charge on any atom is 0.224 e. The highest BCUT2D eigenvalue weighted by molar-refractivity contribution is 5.79. The number of ether oxygens (including phenoxy) is 1. The van der Waals surface area contributed by atoms with E-state index in [-0.39, 0.29) is 11.9 Å². The summed E-state index contributed by atoms with van der Waals surface area (Å²) >= 11 is 0. The second-order valence-corrected chi connectivity index (χ2v) is 5.23. The van der Waals surface area contributed by atoms with Crippen molar-refractivity contribution in [3.8, 4) is 5.75 Å². The summed E-state index contributed by atoms with van der Waals surface area (Å²) in [5, 5.41) is 3.02. The van der Waals surface area contributed by atoms with Crippen molar-refractivity contribution >= 4 is 5.91 Å². The van der Waals surface area contributed by atoms with Gasteiger partial charge in [-0.05, 0) is 37.1 Å². The van der Waals surface area contributed by atoms with Crippen LogP contribution in [0.3, 0.4) is 0 Å². The minimum absolute atomic E-state index is 0.0202. The van der Waals surface area contributed by atoms with Gasteiger partial charge in [-0.2, -0.15) is 0 Å². The van der Waals surface area contributed by atoms with Crippen LogP contribution in [-0.2, 0) is 11.2 Å². The third-order valence-electron chi connectivity index (χ3n) is 3.44. The number of nitrogens with one attached hydrogen (secondary N) is 1. The van der Waals surface area contributed by atoms with Crippen molar-refractivity contribution in [3.63, 3.8) is 0 Å². The topological polar surface area (TPSA) is 38.3 Å². The van der Waals surface area contributed by atoms with Gasteiger partial charge in [0.05, 0.1) is 19.6 Å². The molecule has 0 unspecified atom stereocenters. The van der Waals surface area contributed by atoms with E-state index in [0.717, 1.165) is 16.9 Å². The van der Waals surface area contributed by atoms with Gasteiger partial charge < -0.3 is 10.1 Å². The molecule has 0 spiro atoms. The number of rotatable bonds is 5. The van der Waals surface area contributed by atoms with E-state index in [4.69, 9.17) is 4.74 Å². The molecule has 0 fully saturated rings. The minimum Gasteiger partial charge on any atom is -0.497 e. The number of hydrogen-bond donors (Lipinski definition) is 1. The fraction of sp³-hybridized carbons (Fsp3) is 0.278. The molecule has 0 aliphatic rings. The molecule has 0 radical (unpaired) electrons. The molecular formula is C18H21NO2. The van der Waals surface area contributed by atoms with Crippen molar-refractivity contribution in [3.05, 3.63) is 65.2 Å². The van der Waals surface area contributed by atoms with Crippen LogP contribution in [0.2, 0.25) is 0 Å². The molecule has 0 aromatic heterocycles. The zero-order chi connectivity index (χ0) is 15.2. The van der Waals surface area contributed by atoms with Gasteiger partial charge in [-0.15, -0.1) is 0 Å².